The third kappa shape index (κ3) is 1.83. The standard InChI is InChI=1S/C8H8FNO/c1-6(11)8(9)7-2-4-10-5-3-7/h2-5,8H,1H3. The molecule has 1 aromatic heterocycles. The quantitative estimate of drug-likeness (QED) is 0.647. The molecule has 1 unspecified atom stereocenters. The maximum atomic E-state index is 12.9. The summed E-state index contributed by atoms with van der Waals surface area (Å²) >= 11 is 0. The Morgan fingerprint density at radius 2 is 2.09 bits per heavy atom. The van der Waals surface area contributed by atoms with Crippen molar-refractivity contribution in [1.29, 1.82) is 0 Å². The van der Waals surface area contributed by atoms with Gasteiger partial charge in [0, 0.05) is 12.4 Å². The zero-order valence-electron chi connectivity index (χ0n) is 6.12. The summed E-state index contributed by atoms with van der Waals surface area (Å²) in [4.78, 5) is 14.3. The first kappa shape index (κ1) is 7.85. The first-order valence-electron chi connectivity index (χ1n) is 3.26. The Kier molecular flexibility index (Phi) is 2.31. The molecule has 0 saturated heterocycles. The molecule has 1 aromatic rings. The van der Waals surface area contributed by atoms with Crippen LogP contribution >= 0.6 is 0 Å². The molecule has 58 valence electrons. The van der Waals surface area contributed by atoms with Gasteiger partial charge in [0.2, 0.25) is 0 Å². The Labute approximate surface area is 64.1 Å². The molecule has 0 spiro atoms. The number of hydrogen-bond donors (Lipinski definition) is 0. The molecule has 0 aliphatic carbocycles. The van der Waals surface area contributed by atoms with E-state index >= 15 is 0 Å². The van der Waals surface area contributed by atoms with Gasteiger partial charge in [0.15, 0.2) is 12.0 Å². The van der Waals surface area contributed by atoms with Crippen LogP contribution in [0.5, 0.6) is 0 Å². The first-order chi connectivity index (χ1) is 5.22. The van der Waals surface area contributed by atoms with Crippen molar-refractivity contribution >= 4 is 5.78 Å². The fourth-order valence-corrected chi connectivity index (χ4v) is 0.767. The average molecular weight is 153 g/mol. The van der Waals surface area contributed by atoms with Crippen LogP contribution < -0.4 is 0 Å². The molecule has 1 rings (SSSR count). The molecule has 0 radical (unpaired) electrons. The monoisotopic (exact) mass is 153 g/mol. The van der Waals surface area contributed by atoms with E-state index < -0.39 is 12.0 Å². The predicted molar refractivity (Wildman–Crippen MR) is 38.8 cm³/mol. The van der Waals surface area contributed by atoms with E-state index in [0.717, 1.165) is 0 Å². The number of carbonyl (C=O) groups excluding carboxylic acids is 1. The van der Waals surface area contributed by atoms with Crippen LogP contribution in [-0.2, 0) is 4.79 Å². The van der Waals surface area contributed by atoms with E-state index in [1.807, 2.05) is 0 Å². The number of halogens is 1. The summed E-state index contributed by atoms with van der Waals surface area (Å²) in [6.07, 6.45) is 1.42. The second-order valence-electron chi connectivity index (χ2n) is 2.25. The van der Waals surface area contributed by atoms with Gasteiger partial charge in [0.1, 0.15) is 0 Å². The van der Waals surface area contributed by atoms with E-state index in [1.54, 1.807) is 0 Å². The lowest BCUT2D eigenvalue weighted by Gasteiger charge is -2.01. The minimum absolute atomic E-state index is 0.368. The molecule has 2 nitrogen and oxygen atoms in total. The van der Waals surface area contributed by atoms with Gasteiger partial charge in [-0.05, 0) is 24.6 Å². The van der Waals surface area contributed by atoms with Gasteiger partial charge in [-0.1, -0.05) is 0 Å². The van der Waals surface area contributed by atoms with Gasteiger partial charge < -0.3 is 0 Å². The van der Waals surface area contributed by atoms with Crippen molar-refractivity contribution in [3.05, 3.63) is 30.1 Å². The van der Waals surface area contributed by atoms with Crippen molar-refractivity contribution in [1.82, 2.24) is 4.98 Å². The summed E-state index contributed by atoms with van der Waals surface area (Å²) in [6, 6.07) is 2.98. The molecule has 0 bridgehead atoms. The fraction of sp³-hybridized carbons (Fsp3) is 0.250. The number of Topliss-reactive ketones (excluding diaryl/α,β-unsaturated/α-hetero) is 1. The van der Waals surface area contributed by atoms with Crippen molar-refractivity contribution < 1.29 is 9.18 Å². The summed E-state index contributed by atoms with van der Waals surface area (Å²) in [5, 5.41) is 0. The number of pyridine rings is 1. The van der Waals surface area contributed by atoms with E-state index in [2.05, 4.69) is 4.98 Å². The predicted octanol–water partition coefficient (Wildman–Crippen LogP) is 1.68. The molecule has 0 aromatic carbocycles. The Bertz CT molecular complexity index is 248. The third-order valence-electron chi connectivity index (χ3n) is 1.36. The Balaban J connectivity index is 2.85. The lowest BCUT2D eigenvalue weighted by Crippen LogP contribution is -2.02. The van der Waals surface area contributed by atoms with E-state index in [0.29, 0.717) is 5.56 Å². The van der Waals surface area contributed by atoms with Gasteiger partial charge in [-0.15, -0.1) is 0 Å². The molecule has 0 amide bonds. The van der Waals surface area contributed by atoms with Gasteiger partial charge in [-0.3, -0.25) is 9.78 Å². The van der Waals surface area contributed by atoms with Crippen LogP contribution in [0.25, 0.3) is 0 Å². The topological polar surface area (TPSA) is 30.0 Å². The Hall–Kier alpha value is -1.25. The Morgan fingerprint density at radius 1 is 1.55 bits per heavy atom. The zero-order valence-corrected chi connectivity index (χ0v) is 6.12. The maximum absolute atomic E-state index is 12.9. The summed E-state index contributed by atoms with van der Waals surface area (Å²) in [5.41, 5.74) is 0.368. The molecule has 0 aliphatic heterocycles. The third-order valence-corrected chi connectivity index (χ3v) is 1.36. The van der Waals surface area contributed by atoms with Crippen molar-refractivity contribution in [2.45, 2.75) is 13.1 Å². The Morgan fingerprint density at radius 3 is 2.55 bits per heavy atom. The van der Waals surface area contributed by atoms with Crippen LogP contribution in [0.1, 0.15) is 18.7 Å². The highest BCUT2D eigenvalue weighted by Gasteiger charge is 2.13. The summed E-state index contributed by atoms with van der Waals surface area (Å²) in [6.45, 7) is 1.23. The van der Waals surface area contributed by atoms with Gasteiger partial charge in [-0.2, -0.15) is 0 Å². The SMILES string of the molecule is CC(=O)C(F)c1ccncc1. The highest BCUT2D eigenvalue weighted by Crippen LogP contribution is 2.16. The highest BCUT2D eigenvalue weighted by atomic mass is 19.1. The second kappa shape index (κ2) is 3.23. The fourth-order valence-electron chi connectivity index (χ4n) is 0.767. The van der Waals surface area contributed by atoms with Crippen molar-refractivity contribution in [2.24, 2.45) is 0 Å². The number of alkyl halides is 1. The lowest BCUT2D eigenvalue weighted by molar-refractivity contribution is -0.121. The van der Waals surface area contributed by atoms with Gasteiger partial charge >= 0.3 is 0 Å². The largest absolute Gasteiger partial charge is 0.296 e. The van der Waals surface area contributed by atoms with E-state index in [-0.39, 0.29) is 0 Å². The highest BCUT2D eigenvalue weighted by molar-refractivity contribution is 5.81. The minimum atomic E-state index is -1.50. The van der Waals surface area contributed by atoms with Crippen LogP contribution in [0.3, 0.4) is 0 Å². The van der Waals surface area contributed by atoms with Crippen LogP contribution in [0, 0.1) is 0 Å². The number of ketones is 1. The molecule has 0 N–H and O–H groups in total. The number of carbonyl (C=O) groups is 1. The average Bonchev–Trinajstić information content (AvgIpc) is 2.05. The first-order valence-corrected chi connectivity index (χ1v) is 3.26. The maximum Gasteiger partial charge on any atom is 0.183 e. The number of nitrogens with zero attached hydrogens (tertiary/aromatic N) is 1. The van der Waals surface area contributed by atoms with Crippen LogP contribution in [0.2, 0.25) is 0 Å². The molecule has 1 atom stereocenters. The van der Waals surface area contributed by atoms with Crippen LogP contribution in [-0.4, -0.2) is 10.8 Å². The van der Waals surface area contributed by atoms with Gasteiger partial charge in [-0.25, -0.2) is 4.39 Å². The summed E-state index contributed by atoms with van der Waals surface area (Å²) in [5.74, 6) is -0.476. The molecule has 11 heavy (non-hydrogen) atoms. The summed E-state index contributed by atoms with van der Waals surface area (Å²) in [7, 11) is 0. The molecule has 0 fully saturated rings. The van der Waals surface area contributed by atoms with E-state index in [9.17, 15) is 9.18 Å². The minimum Gasteiger partial charge on any atom is -0.296 e. The number of rotatable bonds is 2. The number of hydrogen-bond acceptors (Lipinski definition) is 2. The van der Waals surface area contributed by atoms with Crippen LogP contribution in [0.4, 0.5) is 4.39 Å². The summed E-state index contributed by atoms with van der Waals surface area (Å²) < 4.78 is 12.9. The zero-order chi connectivity index (χ0) is 8.27. The molecule has 0 saturated carbocycles. The normalized spacial score (nSPS) is 12.5. The second-order valence-corrected chi connectivity index (χ2v) is 2.25. The molecule has 1 heterocycles. The number of aromatic nitrogens is 1. The molecular weight excluding hydrogens is 145 g/mol. The molecule has 3 heteroatoms. The smallest absolute Gasteiger partial charge is 0.183 e. The van der Waals surface area contributed by atoms with Crippen molar-refractivity contribution in [2.75, 3.05) is 0 Å². The van der Waals surface area contributed by atoms with Gasteiger partial charge in [0.25, 0.3) is 0 Å². The lowest BCUT2D eigenvalue weighted by atomic mass is 10.1. The van der Waals surface area contributed by atoms with E-state index in [4.69, 9.17) is 0 Å². The van der Waals surface area contributed by atoms with E-state index in [1.165, 1.54) is 31.5 Å². The van der Waals surface area contributed by atoms with Crippen LogP contribution in [0.15, 0.2) is 24.5 Å². The van der Waals surface area contributed by atoms with Crippen molar-refractivity contribution in [3.8, 4) is 0 Å². The van der Waals surface area contributed by atoms with Gasteiger partial charge in [0.05, 0.1) is 0 Å². The molecule has 0 aliphatic rings. The molecular formula is C8H8FNO. The van der Waals surface area contributed by atoms with Crippen molar-refractivity contribution in [3.63, 3.8) is 0 Å².